The van der Waals surface area contributed by atoms with Gasteiger partial charge in [0.1, 0.15) is 11.9 Å². The summed E-state index contributed by atoms with van der Waals surface area (Å²) >= 11 is 5.76. The van der Waals surface area contributed by atoms with Gasteiger partial charge in [-0.05, 0) is 38.0 Å². The Hall–Kier alpha value is -1.13. The van der Waals surface area contributed by atoms with E-state index in [2.05, 4.69) is 5.32 Å². The highest BCUT2D eigenvalue weighted by Crippen LogP contribution is 2.22. The van der Waals surface area contributed by atoms with Crippen molar-refractivity contribution in [3.05, 3.63) is 34.6 Å². The van der Waals surface area contributed by atoms with Crippen molar-refractivity contribution in [2.75, 3.05) is 6.61 Å². The molecule has 0 heterocycles. The van der Waals surface area contributed by atoms with E-state index in [1.165, 1.54) is 18.2 Å². The SMILES string of the molecule is CCOC(=O)C(NC(C)CC)c1ccc(F)c(Cl)c1. The largest absolute Gasteiger partial charge is 0.465 e. The molecule has 19 heavy (non-hydrogen) atoms. The Labute approximate surface area is 118 Å². The number of nitrogens with one attached hydrogen (secondary N) is 1. The maximum absolute atomic E-state index is 13.2. The van der Waals surface area contributed by atoms with Crippen LogP contribution in [0.3, 0.4) is 0 Å². The summed E-state index contributed by atoms with van der Waals surface area (Å²) in [6, 6.07) is 3.75. The Balaban J connectivity index is 3.00. The lowest BCUT2D eigenvalue weighted by atomic mass is 10.1. The quantitative estimate of drug-likeness (QED) is 0.814. The van der Waals surface area contributed by atoms with Gasteiger partial charge < -0.3 is 4.74 Å². The molecule has 1 N–H and O–H groups in total. The number of ether oxygens (including phenoxy) is 1. The van der Waals surface area contributed by atoms with Gasteiger partial charge in [0.15, 0.2) is 0 Å². The van der Waals surface area contributed by atoms with Crippen LogP contribution in [0.2, 0.25) is 5.02 Å². The molecule has 106 valence electrons. The third kappa shape index (κ3) is 4.48. The molecule has 0 aliphatic heterocycles. The molecule has 0 fully saturated rings. The molecule has 0 aromatic heterocycles. The lowest BCUT2D eigenvalue weighted by Crippen LogP contribution is -2.36. The highest BCUT2D eigenvalue weighted by atomic mass is 35.5. The molecule has 0 aliphatic rings. The van der Waals surface area contributed by atoms with Crippen molar-refractivity contribution in [2.45, 2.75) is 39.3 Å². The van der Waals surface area contributed by atoms with Crippen molar-refractivity contribution in [1.82, 2.24) is 5.32 Å². The molecule has 2 atom stereocenters. The first-order chi connectivity index (χ1) is 8.99. The van der Waals surface area contributed by atoms with Gasteiger partial charge in [0.2, 0.25) is 0 Å². The molecule has 0 radical (unpaired) electrons. The zero-order valence-corrected chi connectivity index (χ0v) is 12.1. The number of halogens is 2. The maximum atomic E-state index is 13.2. The van der Waals surface area contributed by atoms with Crippen molar-refractivity contribution in [2.24, 2.45) is 0 Å². The average molecular weight is 288 g/mol. The Morgan fingerprint density at radius 3 is 2.68 bits per heavy atom. The van der Waals surface area contributed by atoms with Gasteiger partial charge in [-0.2, -0.15) is 0 Å². The highest BCUT2D eigenvalue weighted by molar-refractivity contribution is 6.30. The van der Waals surface area contributed by atoms with Crippen LogP contribution in [-0.4, -0.2) is 18.6 Å². The number of hydrogen-bond acceptors (Lipinski definition) is 3. The van der Waals surface area contributed by atoms with E-state index in [0.29, 0.717) is 12.2 Å². The van der Waals surface area contributed by atoms with Gasteiger partial charge >= 0.3 is 5.97 Å². The van der Waals surface area contributed by atoms with Gasteiger partial charge in [0.25, 0.3) is 0 Å². The van der Waals surface area contributed by atoms with Crippen LogP contribution in [0.5, 0.6) is 0 Å². The predicted molar refractivity (Wildman–Crippen MR) is 73.7 cm³/mol. The minimum atomic E-state index is -0.631. The lowest BCUT2D eigenvalue weighted by Gasteiger charge is -2.21. The van der Waals surface area contributed by atoms with E-state index >= 15 is 0 Å². The Morgan fingerprint density at radius 2 is 2.16 bits per heavy atom. The normalized spacial score (nSPS) is 13.9. The van der Waals surface area contributed by atoms with E-state index in [-0.39, 0.29) is 17.0 Å². The Bertz CT molecular complexity index is 439. The van der Waals surface area contributed by atoms with Gasteiger partial charge in [0.05, 0.1) is 11.6 Å². The van der Waals surface area contributed by atoms with Gasteiger partial charge in [-0.3, -0.25) is 5.32 Å². The van der Waals surface area contributed by atoms with E-state index in [4.69, 9.17) is 16.3 Å². The summed E-state index contributed by atoms with van der Waals surface area (Å²) in [5, 5.41) is 3.16. The first kappa shape index (κ1) is 15.9. The number of hydrogen-bond donors (Lipinski definition) is 1. The van der Waals surface area contributed by atoms with Crippen LogP contribution >= 0.6 is 11.6 Å². The summed E-state index contributed by atoms with van der Waals surface area (Å²) in [5.74, 6) is -0.887. The van der Waals surface area contributed by atoms with Gasteiger partial charge in [-0.25, -0.2) is 9.18 Å². The fraction of sp³-hybridized carbons (Fsp3) is 0.500. The topological polar surface area (TPSA) is 38.3 Å². The van der Waals surface area contributed by atoms with E-state index < -0.39 is 11.9 Å². The second kappa shape index (κ2) is 7.46. The van der Waals surface area contributed by atoms with Crippen molar-refractivity contribution in [1.29, 1.82) is 0 Å². The summed E-state index contributed by atoms with van der Waals surface area (Å²) in [5.41, 5.74) is 0.602. The molecule has 2 unspecified atom stereocenters. The van der Waals surface area contributed by atoms with Crippen molar-refractivity contribution >= 4 is 17.6 Å². The molecule has 0 amide bonds. The summed E-state index contributed by atoms with van der Waals surface area (Å²) in [6.07, 6.45) is 0.866. The molecule has 1 rings (SSSR count). The summed E-state index contributed by atoms with van der Waals surface area (Å²) in [7, 11) is 0. The van der Waals surface area contributed by atoms with Crippen LogP contribution in [-0.2, 0) is 9.53 Å². The second-order valence-corrected chi connectivity index (χ2v) is 4.74. The Kier molecular flexibility index (Phi) is 6.25. The standard InChI is InChI=1S/C14H19ClFNO2/c1-4-9(3)17-13(14(18)19-5-2)10-6-7-12(16)11(15)8-10/h6-9,13,17H,4-5H2,1-3H3. The average Bonchev–Trinajstić information content (AvgIpc) is 2.39. The van der Waals surface area contributed by atoms with E-state index in [1.807, 2.05) is 13.8 Å². The first-order valence-corrected chi connectivity index (χ1v) is 6.75. The van der Waals surface area contributed by atoms with Crippen LogP contribution in [0.15, 0.2) is 18.2 Å². The van der Waals surface area contributed by atoms with Gasteiger partial charge in [-0.15, -0.1) is 0 Å². The van der Waals surface area contributed by atoms with Crippen LogP contribution in [0.25, 0.3) is 0 Å². The van der Waals surface area contributed by atoms with Crippen molar-refractivity contribution in [3.8, 4) is 0 Å². The van der Waals surface area contributed by atoms with Crippen molar-refractivity contribution < 1.29 is 13.9 Å². The van der Waals surface area contributed by atoms with Gasteiger partial charge in [-0.1, -0.05) is 24.6 Å². The minimum absolute atomic E-state index is 0.00208. The summed E-state index contributed by atoms with van der Waals surface area (Å²) in [4.78, 5) is 12.0. The molecule has 1 aromatic rings. The van der Waals surface area contributed by atoms with Crippen LogP contribution in [0, 0.1) is 5.82 Å². The molecule has 0 bridgehead atoms. The molecule has 0 saturated heterocycles. The molecular formula is C14H19ClFNO2. The van der Waals surface area contributed by atoms with E-state index in [9.17, 15) is 9.18 Å². The summed E-state index contributed by atoms with van der Waals surface area (Å²) < 4.78 is 18.2. The highest BCUT2D eigenvalue weighted by Gasteiger charge is 2.23. The fourth-order valence-corrected chi connectivity index (χ4v) is 1.81. The number of esters is 1. The number of carbonyl (C=O) groups excluding carboxylic acids is 1. The Morgan fingerprint density at radius 1 is 1.47 bits per heavy atom. The predicted octanol–water partition coefficient (Wildman–Crippen LogP) is 3.47. The zero-order valence-electron chi connectivity index (χ0n) is 11.4. The molecule has 5 heteroatoms. The minimum Gasteiger partial charge on any atom is -0.465 e. The first-order valence-electron chi connectivity index (χ1n) is 6.37. The van der Waals surface area contributed by atoms with E-state index in [1.54, 1.807) is 6.92 Å². The van der Waals surface area contributed by atoms with Crippen molar-refractivity contribution in [3.63, 3.8) is 0 Å². The molecule has 0 spiro atoms. The second-order valence-electron chi connectivity index (χ2n) is 4.33. The maximum Gasteiger partial charge on any atom is 0.327 e. The van der Waals surface area contributed by atoms with Crippen LogP contribution in [0.1, 0.15) is 38.8 Å². The number of carbonyl (C=O) groups is 1. The number of rotatable bonds is 6. The van der Waals surface area contributed by atoms with Crippen LogP contribution < -0.4 is 5.32 Å². The monoisotopic (exact) mass is 287 g/mol. The molecule has 3 nitrogen and oxygen atoms in total. The third-order valence-corrected chi connectivity index (χ3v) is 3.15. The molecule has 1 aromatic carbocycles. The third-order valence-electron chi connectivity index (χ3n) is 2.86. The molecular weight excluding hydrogens is 269 g/mol. The van der Waals surface area contributed by atoms with Crippen LogP contribution in [0.4, 0.5) is 4.39 Å². The molecule has 0 saturated carbocycles. The fourth-order valence-electron chi connectivity index (χ4n) is 1.62. The smallest absolute Gasteiger partial charge is 0.327 e. The summed E-state index contributed by atoms with van der Waals surface area (Å²) in [6.45, 7) is 6.02. The number of benzene rings is 1. The zero-order chi connectivity index (χ0) is 14.4. The van der Waals surface area contributed by atoms with Gasteiger partial charge in [0, 0.05) is 6.04 Å². The lowest BCUT2D eigenvalue weighted by molar-refractivity contribution is -0.146. The molecule has 0 aliphatic carbocycles. The van der Waals surface area contributed by atoms with E-state index in [0.717, 1.165) is 6.42 Å².